The van der Waals surface area contributed by atoms with E-state index in [2.05, 4.69) is 0 Å². The van der Waals surface area contributed by atoms with Crippen molar-refractivity contribution in [1.82, 2.24) is 0 Å². The fraction of sp³-hybridized carbons (Fsp3) is 0.500. The SMILES string of the molecule is CC.CCc1c(C)cc(C)cc1F. The first kappa shape index (κ1) is 12.2. The second-order valence-electron chi connectivity index (χ2n) is 2.90. The van der Waals surface area contributed by atoms with Crippen molar-refractivity contribution in [2.45, 2.75) is 41.0 Å². The molecule has 0 fully saturated rings. The van der Waals surface area contributed by atoms with Crippen LogP contribution in [-0.4, -0.2) is 0 Å². The predicted octanol–water partition coefficient (Wildman–Crippen LogP) is 4.03. The molecule has 0 heterocycles. The Morgan fingerprint density at radius 3 is 2.08 bits per heavy atom. The maximum absolute atomic E-state index is 13.1. The molecule has 0 aliphatic rings. The molecular weight excluding hydrogens is 163 g/mol. The molecule has 0 aliphatic heterocycles. The molecule has 0 bridgehead atoms. The summed E-state index contributed by atoms with van der Waals surface area (Å²) < 4.78 is 13.1. The van der Waals surface area contributed by atoms with Crippen molar-refractivity contribution in [2.75, 3.05) is 0 Å². The molecule has 0 aliphatic carbocycles. The van der Waals surface area contributed by atoms with Crippen LogP contribution >= 0.6 is 0 Å². The number of rotatable bonds is 1. The largest absolute Gasteiger partial charge is 0.207 e. The Bertz CT molecular complexity index is 241. The van der Waals surface area contributed by atoms with Crippen molar-refractivity contribution >= 4 is 0 Å². The molecule has 0 unspecified atom stereocenters. The van der Waals surface area contributed by atoms with E-state index in [9.17, 15) is 4.39 Å². The maximum Gasteiger partial charge on any atom is 0.126 e. The van der Waals surface area contributed by atoms with Gasteiger partial charge in [0.05, 0.1) is 0 Å². The van der Waals surface area contributed by atoms with Crippen LogP contribution in [0.15, 0.2) is 12.1 Å². The Morgan fingerprint density at radius 1 is 1.15 bits per heavy atom. The van der Waals surface area contributed by atoms with Gasteiger partial charge in [-0.2, -0.15) is 0 Å². The Labute approximate surface area is 80.8 Å². The third-order valence-electron chi connectivity index (χ3n) is 1.92. The van der Waals surface area contributed by atoms with Crippen molar-refractivity contribution in [2.24, 2.45) is 0 Å². The average Bonchev–Trinajstić information content (AvgIpc) is 2.07. The minimum atomic E-state index is -0.0648. The molecule has 0 spiro atoms. The van der Waals surface area contributed by atoms with E-state index in [1.807, 2.05) is 40.7 Å². The van der Waals surface area contributed by atoms with Crippen LogP contribution in [0.1, 0.15) is 37.5 Å². The summed E-state index contributed by atoms with van der Waals surface area (Å²) in [6.45, 7) is 9.84. The van der Waals surface area contributed by atoms with Gasteiger partial charge < -0.3 is 0 Å². The quantitative estimate of drug-likeness (QED) is 0.615. The third kappa shape index (κ3) is 3.17. The molecule has 0 saturated carbocycles. The van der Waals surface area contributed by atoms with Gasteiger partial charge in [-0.15, -0.1) is 0 Å². The van der Waals surface area contributed by atoms with Crippen LogP contribution in [0.5, 0.6) is 0 Å². The highest BCUT2D eigenvalue weighted by Gasteiger charge is 2.03. The minimum absolute atomic E-state index is 0.0648. The predicted molar refractivity (Wildman–Crippen MR) is 56.6 cm³/mol. The van der Waals surface area contributed by atoms with Crippen LogP contribution in [0, 0.1) is 19.7 Å². The van der Waals surface area contributed by atoms with E-state index in [4.69, 9.17) is 0 Å². The van der Waals surface area contributed by atoms with E-state index in [-0.39, 0.29) is 5.82 Å². The van der Waals surface area contributed by atoms with Gasteiger partial charge in [-0.05, 0) is 43.0 Å². The highest BCUT2D eigenvalue weighted by atomic mass is 19.1. The Kier molecular flexibility index (Phi) is 5.36. The van der Waals surface area contributed by atoms with Crippen LogP contribution in [0.25, 0.3) is 0 Å². The molecule has 0 atom stereocenters. The van der Waals surface area contributed by atoms with E-state index >= 15 is 0 Å². The molecule has 13 heavy (non-hydrogen) atoms. The molecule has 1 aromatic carbocycles. The highest BCUT2D eigenvalue weighted by Crippen LogP contribution is 2.15. The summed E-state index contributed by atoms with van der Waals surface area (Å²) in [4.78, 5) is 0. The maximum atomic E-state index is 13.1. The molecule has 1 aromatic rings. The summed E-state index contributed by atoms with van der Waals surface area (Å²) in [5.74, 6) is -0.0648. The fourth-order valence-corrected chi connectivity index (χ4v) is 1.39. The number of aryl methyl sites for hydroxylation is 2. The summed E-state index contributed by atoms with van der Waals surface area (Å²) in [7, 11) is 0. The number of benzene rings is 1. The van der Waals surface area contributed by atoms with Gasteiger partial charge in [0.1, 0.15) is 5.82 Å². The topological polar surface area (TPSA) is 0 Å². The van der Waals surface area contributed by atoms with E-state index < -0.39 is 0 Å². The zero-order chi connectivity index (χ0) is 10.4. The lowest BCUT2D eigenvalue weighted by Crippen LogP contribution is -1.93. The van der Waals surface area contributed by atoms with Crippen LogP contribution in [0.4, 0.5) is 4.39 Å². The van der Waals surface area contributed by atoms with E-state index in [1.165, 1.54) is 0 Å². The van der Waals surface area contributed by atoms with Crippen LogP contribution in [0.3, 0.4) is 0 Å². The monoisotopic (exact) mass is 182 g/mol. The Morgan fingerprint density at radius 2 is 1.69 bits per heavy atom. The van der Waals surface area contributed by atoms with Gasteiger partial charge in [-0.3, -0.25) is 0 Å². The normalized spacial score (nSPS) is 9.08. The van der Waals surface area contributed by atoms with Gasteiger partial charge in [0.15, 0.2) is 0 Å². The Balaban J connectivity index is 0.000000671. The van der Waals surface area contributed by atoms with Gasteiger partial charge >= 0.3 is 0 Å². The zero-order valence-electron chi connectivity index (χ0n) is 9.24. The lowest BCUT2D eigenvalue weighted by Gasteiger charge is -2.05. The summed E-state index contributed by atoms with van der Waals surface area (Å²) in [6, 6.07) is 3.60. The number of hydrogen-bond donors (Lipinski definition) is 0. The van der Waals surface area contributed by atoms with Gasteiger partial charge in [-0.1, -0.05) is 26.8 Å². The minimum Gasteiger partial charge on any atom is -0.207 e. The molecule has 1 rings (SSSR count). The van der Waals surface area contributed by atoms with Crippen molar-refractivity contribution in [3.05, 3.63) is 34.6 Å². The molecule has 0 radical (unpaired) electrons. The standard InChI is InChI=1S/C10H13F.C2H6/c1-4-9-8(3)5-7(2)6-10(9)11;1-2/h5-6H,4H2,1-3H3;1-2H3. The van der Waals surface area contributed by atoms with Gasteiger partial charge in [0.25, 0.3) is 0 Å². The molecule has 74 valence electrons. The summed E-state index contributed by atoms with van der Waals surface area (Å²) in [5.41, 5.74) is 2.90. The number of halogens is 1. The fourth-order valence-electron chi connectivity index (χ4n) is 1.39. The Hall–Kier alpha value is -0.850. The first-order chi connectivity index (χ1) is 6.15. The molecule has 1 heteroatoms. The van der Waals surface area contributed by atoms with Crippen LogP contribution in [0.2, 0.25) is 0 Å². The van der Waals surface area contributed by atoms with Crippen molar-refractivity contribution in [3.8, 4) is 0 Å². The van der Waals surface area contributed by atoms with Crippen molar-refractivity contribution in [3.63, 3.8) is 0 Å². The first-order valence-electron chi connectivity index (χ1n) is 4.90. The van der Waals surface area contributed by atoms with E-state index in [0.717, 1.165) is 23.1 Å². The second-order valence-corrected chi connectivity index (χ2v) is 2.90. The third-order valence-corrected chi connectivity index (χ3v) is 1.92. The summed E-state index contributed by atoms with van der Waals surface area (Å²) in [6.07, 6.45) is 0.776. The van der Waals surface area contributed by atoms with Crippen molar-refractivity contribution in [1.29, 1.82) is 0 Å². The van der Waals surface area contributed by atoms with Gasteiger partial charge in [0.2, 0.25) is 0 Å². The number of hydrogen-bond acceptors (Lipinski definition) is 0. The molecule has 0 saturated heterocycles. The lowest BCUT2D eigenvalue weighted by molar-refractivity contribution is 0.609. The molecular formula is C12H19F. The lowest BCUT2D eigenvalue weighted by atomic mass is 10.0. The first-order valence-corrected chi connectivity index (χ1v) is 4.90. The smallest absolute Gasteiger partial charge is 0.126 e. The molecule has 0 aromatic heterocycles. The summed E-state index contributed by atoms with van der Waals surface area (Å²) >= 11 is 0. The van der Waals surface area contributed by atoms with Crippen molar-refractivity contribution < 1.29 is 4.39 Å². The van der Waals surface area contributed by atoms with E-state index in [0.29, 0.717) is 0 Å². The molecule has 0 amide bonds. The van der Waals surface area contributed by atoms with Crippen LogP contribution < -0.4 is 0 Å². The molecule has 0 N–H and O–H groups in total. The van der Waals surface area contributed by atoms with E-state index in [1.54, 1.807) is 6.07 Å². The second kappa shape index (κ2) is 5.74. The average molecular weight is 182 g/mol. The van der Waals surface area contributed by atoms with Gasteiger partial charge in [-0.25, -0.2) is 4.39 Å². The summed E-state index contributed by atoms with van der Waals surface area (Å²) in [5, 5.41) is 0. The van der Waals surface area contributed by atoms with Crippen LogP contribution in [-0.2, 0) is 6.42 Å². The van der Waals surface area contributed by atoms with Gasteiger partial charge in [0, 0.05) is 0 Å². The zero-order valence-corrected chi connectivity index (χ0v) is 9.24. The molecule has 0 nitrogen and oxygen atoms in total. The highest BCUT2D eigenvalue weighted by molar-refractivity contribution is 5.31.